The van der Waals surface area contributed by atoms with Crippen molar-refractivity contribution < 1.29 is 4.79 Å². The number of hydrogen-bond donors (Lipinski definition) is 2. The Morgan fingerprint density at radius 3 is 2.37 bits per heavy atom. The van der Waals surface area contributed by atoms with Crippen LogP contribution in [0.3, 0.4) is 0 Å². The van der Waals surface area contributed by atoms with Gasteiger partial charge in [-0.25, -0.2) is 4.98 Å². The third-order valence-electron chi connectivity index (χ3n) is 5.93. The Bertz CT molecular complexity index is 1620. The van der Waals surface area contributed by atoms with E-state index in [1.165, 1.54) is 0 Å². The fraction of sp³-hybridized carbons (Fsp3) is 0.107. The van der Waals surface area contributed by atoms with E-state index in [1.54, 1.807) is 28.9 Å². The lowest BCUT2D eigenvalue weighted by atomic mass is 10.1. The Hall–Kier alpha value is -3.10. The van der Waals surface area contributed by atoms with E-state index in [0.29, 0.717) is 33.8 Å². The van der Waals surface area contributed by atoms with Gasteiger partial charge in [0.15, 0.2) is 5.65 Å². The molecule has 10 heteroatoms. The summed E-state index contributed by atoms with van der Waals surface area (Å²) < 4.78 is 2.54. The van der Waals surface area contributed by atoms with E-state index in [9.17, 15) is 4.79 Å². The van der Waals surface area contributed by atoms with Gasteiger partial charge in [-0.2, -0.15) is 9.61 Å². The van der Waals surface area contributed by atoms with Crippen molar-refractivity contribution >= 4 is 68.1 Å². The van der Waals surface area contributed by atoms with Gasteiger partial charge in [0, 0.05) is 39.8 Å². The number of benzene rings is 3. The Labute approximate surface area is 243 Å². The van der Waals surface area contributed by atoms with Crippen molar-refractivity contribution in [2.24, 2.45) is 0 Å². The summed E-state index contributed by atoms with van der Waals surface area (Å²) in [6, 6.07) is 22.7. The van der Waals surface area contributed by atoms with Crippen LogP contribution < -0.4 is 10.6 Å². The zero-order valence-electron chi connectivity index (χ0n) is 19.9. The largest absolute Gasteiger partial charge is 0.366 e. The first-order valence-corrected chi connectivity index (χ1v) is 13.6. The first-order chi connectivity index (χ1) is 18.4. The number of carbonyl (C=O) groups is 1. The number of carbonyl (C=O) groups excluding carboxylic acids is 1. The lowest BCUT2D eigenvalue weighted by molar-refractivity contribution is -0.120. The number of hydrogen-bond acceptors (Lipinski definition) is 4. The van der Waals surface area contributed by atoms with Gasteiger partial charge in [-0.1, -0.05) is 83.3 Å². The molecule has 2 N–H and O–H groups in total. The fourth-order valence-corrected chi connectivity index (χ4v) is 4.99. The quantitative estimate of drug-likeness (QED) is 0.186. The number of halogens is 4. The maximum Gasteiger partial charge on any atom is 0.224 e. The van der Waals surface area contributed by atoms with Crippen LogP contribution in [0.4, 0.5) is 5.82 Å². The number of nitrogens with zero attached hydrogens (tertiary/aromatic N) is 3. The smallest absolute Gasteiger partial charge is 0.224 e. The molecule has 0 spiro atoms. The zero-order chi connectivity index (χ0) is 26.6. The molecule has 0 saturated heterocycles. The third kappa shape index (κ3) is 6.13. The van der Waals surface area contributed by atoms with Crippen molar-refractivity contribution in [3.05, 3.63) is 115 Å². The lowest BCUT2D eigenvalue weighted by Crippen LogP contribution is -2.24. The minimum Gasteiger partial charge on any atom is -0.366 e. The molecule has 0 radical (unpaired) electrons. The normalized spacial score (nSPS) is 11.1. The monoisotopic (exact) mass is 627 g/mol. The average molecular weight is 630 g/mol. The first kappa shape index (κ1) is 26.5. The van der Waals surface area contributed by atoms with Gasteiger partial charge in [0.05, 0.1) is 22.8 Å². The van der Waals surface area contributed by atoms with E-state index in [-0.39, 0.29) is 12.3 Å². The van der Waals surface area contributed by atoms with Gasteiger partial charge in [0.2, 0.25) is 5.91 Å². The van der Waals surface area contributed by atoms with Crippen molar-refractivity contribution in [3.63, 3.8) is 0 Å². The highest BCUT2D eigenvalue weighted by Crippen LogP contribution is 2.30. The predicted molar refractivity (Wildman–Crippen MR) is 157 cm³/mol. The van der Waals surface area contributed by atoms with Gasteiger partial charge >= 0.3 is 0 Å². The molecule has 1 amide bonds. The summed E-state index contributed by atoms with van der Waals surface area (Å²) in [5.41, 5.74) is 5.09. The molecule has 0 aliphatic heterocycles. The molecule has 0 unspecified atom stereocenters. The summed E-state index contributed by atoms with van der Waals surface area (Å²) in [7, 11) is 0. The van der Waals surface area contributed by atoms with Gasteiger partial charge < -0.3 is 10.6 Å². The van der Waals surface area contributed by atoms with Crippen molar-refractivity contribution in [3.8, 4) is 11.3 Å². The van der Waals surface area contributed by atoms with E-state index in [4.69, 9.17) is 39.8 Å². The lowest BCUT2D eigenvalue weighted by Gasteiger charge is -2.12. The molecule has 0 atom stereocenters. The molecule has 5 aromatic rings. The van der Waals surface area contributed by atoms with Crippen molar-refractivity contribution in [1.82, 2.24) is 19.9 Å². The number of anilines is 1. The maximum absolute atomic E-state index is 12.4. The summed E-state index contributed by atoms with van der Waals surface area (Å²) in [4.78, 5) is 17.1. The van der Waals surface area contributed by atoms with Crippen molar-refractivity contribution in [2.75, 3.05) is 5.32 Å². The summed E-state index contributed by atoms with van der Waals surface area (Å²) in [5, 5.41) is 12.5. The van der Waals surface area contributed by atoms with E-state index in [0.717, 1.165) is 38.2 Å². The van der Waals surface area contributed by atoms with Gasteiger partial charge in [0.25, 0.3) is 0 Å². The minimum absolute atomic E-state index is 0.110. The topological polar surface area (TPSA) is 71.3 Å². The molecule has 3 aromatic carbocycles. The number of fused-ring (bicyclic) bond motifs is 1. The minimum atomic E-state index is -0.110. The van der Waals surface area contributed by atoms with E-state index < -0.39 is 0 Å². The highest BCUT2D eigenvalue weighted by Gasteiger charge is 2.13. The maximum atomic E-state index is 12.4. The van der Waals surface area contributed by atoms with Gasteiger partial charge in [0.1, 0.15) is 5.82 Å². The SMILES string of the molecule is O=C(Cc1ccc(Cl)cc1Cl)NCc1ccc(CNc2cc(-c3ccccc3Cl)nc3c(Br)cnn23)cc1. The molecule has 0 bridgehead atoms. The van der Waals surface area contributed by atoms with Crippen LogP contribution in [0, 0.1) is 0 Å². The number of rotatable bonds is 8. The molecular formula is C28H21BrCl3N5O. The number of amides is 1. The van der Waals surface area contributed by atoms with Crippen LogP contribution in [0.15, 0.2) is 83.5 Å². The van der Waals surface area contributed by atoms with Crippen LogP contribution in [-0.4, -0.2) is 20.5 Å². The van der Waals surface area contributed by atoms with Gasteiger partial charge in [-0.3, -0.25) is 4.79 Å². The van der Waals surface area contributed by atoms with Crippen LogP contribution in [0.25, 0.3) is 16.9 Å². The molecule has 192 valence electrons. The number of aromatic nitrogens is 3. The summed E-state index contributed by atoms with van der Waals surface area (Å²) in [6.45, 7) is 0.992. The van der Waals surface area contributed by atoms with Gasteiger partial charge in [-0.05, 0) is 50.8 Å². The van der Waals surface area contributed by atoms with E-state index in [2.05, 4.69) is 31.7 Å². The number of nitrogens with one attached hydrogen (secondary N) is 2. The molecule has 6 nitrogen and oxygen atoms in total. The van der Waals surface area contributed by atoms with Crippen molar-refractivity contribution in [2.45, 2.75) is 19.5 Å². The Morgan fingerprint density at radius 2 is 1.63 bits per heavy atom. The summed E-state index contributed by atoms with van der Waals surface area (Å²) in [5.74, 6) is 0.675. The van der Waals surface area contributed by atoms with Crippen LogP contribution in [0.2, 0.25) is 15.1 Å². The molecule has 5 rings (SSSR count). The Morgan fingerprint density at radius 1 is 0.895 bits per heavy atom. The zero-order valence-corrected chi connectivity index (χ0v) is 23.7. The molecule has 2 heterocycles. The van der Waals surface area contributed by atoms with Crippen molar-refractivity contribution in [1.29, 1.82) is 0 Å². The molecule has 38 heavy (non-hydrogen) atoms. The van der Waals surface area contributed by atoms with Crippen LogP contribution in [0.5, 0.6) is 0 Å². The van der Waals surface area contributed by atoms with Gasteiger partial charge in [-0.15, -0.1) is 0 Å². The van der Waals surface area contributed by atoms with Crippen LogP contribution in [-0.2, 0) is 24.3 Å². The second kappa shape index (κ2) is 11.7. The fourth-order valence-electron chi connectivity index (χ4n) is 3.94. The highest BCUT2D eigenvalue weighted by atomic mass is 79.9. The third-order valence-corrected chi connectivity index (χ3v) is 7.41. The van der Waals surface area contributed by atoms with E-state index >= 15 is 0 Å². The molecule has 0 saturated carbocycles. The first-order valence-electron chi connectivity index (χ1n) is 11.7. The second-order valence-corrected chi connectivity index (χ2v) is 10.7. The standard InChI is InChI=1S/C28H21BrCl3N5O/c29-22-16-35-37-26(13-25(36-28(22)37)21-3-1-2-4-23(21)31)33-14-17-5-7-18(8-6-17)15-34-27(38)11-19-9-10-20(30)12-24(19)32/h1-10,12-13,16,33H,11,14-15H2,(H,34,38). The molecule has 0 aliphatic carbocycles. The van der Waals surface area contributed by atoms with Crippen LogP contribution >= 0.6 is 50.7 Å². The summed E-state index contributed by atoms with van der Waals surface area (Å²) >= 11 is 22.1. The average Bonchev–Trinajstić information content (AvgIpc) is 3.29. The Balaban J connectivity index is 1.24. The molecule has 2 aromatic heterocycles. The predicted octanol–water partition coefficient (Wildman–Crippen LogP) is 7.59. The van der Waals surface area contributed by atoms with Crippen LogP contribution in [0.1, 0.15) is 16.7 Å². The molecular weight excluding hydrogens is 609 g/mol. The molecule has 0 fully saturated rings. The summed E-state index contributed by atoms with van der Waals surface area (Å²) in [6.07, 6.45) is 1.91. The van der Waals surface area contributed by atoms with E-state index in [1.807, 2.05) is 54.6 Å². The molecule has 0 aliphatic rings. The second-order valence-electron chi connectivity index (χ2n) is 8.59. The Kier molecular flexibility index (Phi) is 8.19. The highest BCUT2D eigenvalue weighted by molar-refractivity contribution is 9.10.